The van der Waals surface area contributed by atoms with Gasteiger partial charge in [0, 0.05) is 11.5 Å². The second-order valence-electron chi connectivity index (χ2n) is 6.99. The number of amides is 2. The third-order valence-electron chi connectivity index (χ3n) is 3.79. The van der Waals surface area contributed by atoms with Crippen LogP contribution in [0.1, 0.15) is 26.3 Å². The van der Waals surface area contributed by atoms with E-state index in [1.165, 1.54) is 0 Å². The van der Waals surface area contributed by atoms with E-state index in [-0.39, 0.29) is 13.1 Å². The predicted molar refractivity (Wildman–Crippen MR) is 92.8 cm³/mol. The molecule has 1 N–H and O–H groups in total. The van der Waals surface area contributed by atoms with Crippen molar-refractivity contribution in [3.05, 3.63) is 46.3 Å². The molecule has 140 valence electrons. The van der Waals surface area contributed by atoms with Gasteiger partial charge < -0.3 is 10.1 Å². The first-order chi connectivity index (χ1) is 12.2. The molecule has 0 aromatic heterocycles. The number of benzene rings is 1. The van der Waals surface area contributed by atoms with Crippen molar-refractivity contribution in [2.45, 2.75) is 51.2 Å². The molecule has 1 aromatic rings. The van der Waals surface area contributed by atoms with Crippen LogP contribution in [-0.4, -0.2) is 47.3 Å². The first-order valence-corrected chi connectivity index (χ1v) is 8.22. The Kier molecular flexibility index (Phi) is 6.05. The predicted octanol–water partition coefficient (Wildman–Crippen LogP) is 2.94. The van der Waals surface area contributed by atoms with Gasteiger partial charge in [-0.05, 0) is 31.9 Å². The fraction of sp³-hybridized carbons (Fsp3) is 0.529. The van der Waals surface area contributed by atoms with E-state index in [1.54, 1.807) is 20.8 Å². The number of alkyl halides is 1. The van der Waals surface area contributed by atoms with Crippen molar-refractivity contribution in [2.24, 2.45) is 5.11 Å². The quantitative estimate of drug-likeness (QED) is 0.505. The van der Waals surface area contributed by atoms with E-state index >= 15 is 0 Å². The Labute approximate surface area is 150 Å². The summed E-state index contributed by atoms with van der Waals surface area (Å²) in [6, 6.07) is 6.57. The summed E-state index contributed by atoms with van der Waals surface area (Å²) < 4.78 is 19.5. The van der Waals surface area contributed by atoms with Crippen LogP contribution in [-0.2, 0) is 16.1 Å². The van der Waals surface area contributed by atoms with Gasteiger partial charge >= 0.3 is 6.09 Å². The average molecular weight is 363 g/mol. The lowest BCUT2D eigenvalue weighted by molar-refractivity contribution is -0.126. The van der Waals surface area contributed by atoms with E-state index in [1.807, 2.05) is 30.3 Å². The molecule has 0 bridgehead atoms. The lowest BCUT2D eigenvalue weighted by Gasteiger charge is -2.28. The summed E-state index contributed by atoms with van der Waals surface area (Å²) in [5.74, 6) is -0.600. The molecule has 1 aromatic carbocycles. The Morgan fingerprint density at radius 1 is 1.38 bits per heavy atom. The smallest absolute Gasteiger partial charge is 0.411 e. The number of azide groups is 1. The molecule has 2 amide bonds. The first-order valence-electron chi connectivity index (χ1n) is 8.22. The van der Waals surface area contributed by atoms with E-state index in [0.717, 1.165) is 10.5 Å². The largest absolute Gasteiger partial charge is 0.444 e. The Hall–Kier alpha value is -2.80. The molecule has 0 spiro atoms. The maximum Gasteiger partial charge on any atom is 0.411 e. The number of nitrogens with zero attached hydrogens (tertiary/aromatic N) is 4. The molecular formula is C17H22FN5O3. The molecule has 0 aliphatic carbocycles. The summed E-state index contributed by atoms with van der Waals surface area (Å²) >= 11 is 0. The normalized spacial score (nSPS) is 22.5. The summed E-state index contributed by atoms with van der Waals surface area (Å²) in [7, 11) is 0. The fourth-order valence-electron chi connectivity index (χ4n) is 2.68. The van der Waals surface area contributed by atoms with Gasteiger partial charge in [-0.15, -0.1) is 0 Å². The summed E-state index contributed by atoms with van der Waals surface area (Å²) in [4.78, 5) is 28.6. The molecule has 9 heteroatoms. The van der Waals surface area contributed by atoms with Crippen LogP contribution in [0.2, 0.25) is 0 Å². The highest BCUT2D eigenvalue weighted by Gasteiger charge is 2.49. The minimum Gasteiger partial charge on any atom is -0.444 e. The van der Waals surface area contributed by atoms with Crippen molar-refractivity contribution in [1.29, 1.82) is 0 Å². The third kappa shape index (κ3) is 4.86. The zero-order valence-electron chi connectivity index (χ0n) is 14.9. The van der Waals surface area contributed by atoms with Gasteiger partial charge in [-0.1, -0.05) is 35.4 Å². The van der Waals surface area contributed by atoms with Crippen molar-refractivity contribution >= 4 is 12.0 Å². The summed E-state index contributed by atoms with van der Waals surface area (Å²) in [6.45, 7) is 4.84. The molecular weight excluding hydrogens is 341 g/mol. The van der Waals surface area contributed by atoms with Crippen molar-refractivity contribution in [2.75, 3.05) is 6.54 Å². The van der Waals surface area contributed by atoms with Crippen LogP contribution in [0.5, 0.6) is 0 Å². The minimum absolute atomic E-state index is 0.207. The molecule has 0 unspecified atom stereocenters. The molecule has 1 saturated heterocycles. The zero-order chi connectivity index (χ0) is 19.3. The number of likely N-dealkylation sites (tertiary alicyclic amines) is 1. The van der Waals surface area contributed by atoms with Gasteiger partial charge in [0.2, 0.25) is 5.91 Å². The van der Waals surface area contributed by atoms with Crippen molar-refractivity contribution < 1.29 is 18.7 Å². The van der Waals surface area contributed by atoms with E-state index in [2.05, 4.69) is 15.3 Å². The highest BCUT2D eigenvalue weighted by atomic mass is 19.1. The van der Waals surface area contributed by atoms with Crippen LogP contribution in [0.3, 0.4) is 0 Å². The number of rotatable bonds is 4. The number of carbonyl (C=O) groups excluding carboxylic acids is 2. The first kappa shape index (κ1) is 19.5. The van der Waals surface area contributed by atoms with Gasteiger partial charge in [-0.25, -0.2) is 9.18 Å². The van der Waals surface area contributed by atoms with Crippen molar-refractivity contribution in [3.8, 4) is 0 Å². The Balaban J connectivity index is 2.17. The Morgan fingerprint density at radius 3 is 2.62 bits per heavy atom. The highest BCUT2D eigenvalue weighted by Crippen LogP contribution is 2.26. The van der Waals surface area contributed by atoms with E-state index in [9.17, 15) is 14.0 Å². The van der Waals surface area contributed by atoms with Gasteiger partial charge in [-0.2, -0.15) is 0 Å². The van der Waals surface area contributed by atoms with E-state index in [0.29, 0.717) is 0 Å². The molecule has 0 saturated carbocycles. The number of ether oxygens (including phenoxy) is 1. The SMILES string of the molecule is CC(C)(C)OC(=O)N1C[C@H](F)[C@@H](N=[N+]=[N-])[C@H]1C(=O)NCc1ccccc1. The fourth-order valence-corrected chi connectivity index (χ4v) is 2.68. The second kappa shape index (κ2) is 8.05. The molecule has 0 radical (unpaired) electrons. The topological polar surface area (TPSA) is 107 Å². The zero-order valence-corrected chi connectivity index (χ0v) is 14.9. The summed E-state index contributed by atoms with van der Waals surface area (Å²) in [5, 5.41) is 6.05. The van der Waals surface area contributed by atoms with E-state index in [4.69, 9.17) is 10.3 Å². The molecule has 8 nitrogen and oxygen atoms in total. The number of halogens is 1. The standard InChI is InChI=1S/C17H22FN5O3/c1-17(2,3)26-16(25)23-10-12(18)13(21-22-19)14(23)15(24)20-9-11-7-5-4-6-8-11/h4-8,12-14H,9-10H2,1-3H3,(H,20,24)/t12-,13+,14-/m0/s1. The van der Waals surface area contributed by atoms with Gasteiger partial charge in [0.15, 0.2) is 0 Å². The molecule has 2 rings (SSSR count). The number of nitrogens with one attached hydrogen (secondary N) is 1. The molecule has 26 heavy (non-hydrogen) atoms. The van der Waals surface area contributed by atoms with Gasteiger partial charge in [-0.3, -0.25) is 9.69 Å². The number of carbonyl (C=O) groups is 2. The van der Waals surface area contributed by atoms with Crippen molar-refractivity contribution in [3.63, 3.8) is 0 Å². The van der Waals surface area contributed by atoms with Crippen LogP contribution < -0.4 is 5.32 Å². The van der Waals surface area contributed by atoms with Gasteiger partial charge in [0.25, 0.3) is 0 Å². The monoisotopic (exact) mass is 363 g/mol. The third-order valence-corrected chi connectivity index (χ3v) is 3.79. The van der Waals surface area contributed by atoms with E-state index < -0.39 is 35.9 Å². The number of hydrogen-bond acceptors (Lipinski definition) is 4. The number of hydrogen-bond donors (Lipinski definition) is 1. The average Bonchev–Trinajstić information content (AvgIpc) is 2.89. The van der Waals surface area contributed by atoms with Crippen LogP contribution >= 0.6 is 0 Å². The molecule has 1 aliphatic heterocycles. The Morgan fingerprint density at radius 2 is 2.04 bits per heavy atom. The lowest BCUT2D eigenvalue weighted by Crippen LogP contribution is -2.50. The van der Waals surface area contributed by atoms with Crippen LogP contribution in [0.25, 0.3) is 10.4 Å². The second-order valence-corrected chi connectivity index (χ2v) is 6.99. The minimum atomic E-state index is -1.65. The maximum absolute atomic E-state index is 14.3. The highest BCUT2D eigenvalue weighted by molar-refractivity contribution is 5.87. The molecule has 1 fully saturated rings. The molecule has 1 aliphatic rings. The summed E-state index contributed by atoms with van der Waals surface area (Å²) in [6.07, 6.45) is -2.47. The molecule has 3 atom stereocenters. The molecule has 1 heterocycles. The Bertz CT molecular complexity index is 700. The lowest BCUT2D eigenvalue weighted by atomic mass is 10.1. The van der Waals surface area contributed by atoms with Gasteiger partial charge in [0.05, 0.1) is 12.6 Å². The van der Waals surface area contributed by atoms with Crippen LogP contribution in [0.4, 0.5) is 9.18 Å². The summed E-state index contributed by atoms with van der Waals surface area (Å²) in [5.41, 5.74) is 8.73. The maximum atomic E-state index is 14.3. The van der Waals surface area contributed by atoms with Crippen LogP contribution in [0, 0.1) is 0 Å². The van der Waals surface area contributed by atoms with Gasteiger partial charge in [0.1, 0.15) is 17.8 Å². The van der Waals surface area contributed by atoms with Crippen molar-refractivity contribution in [1.82, 2.24) is 10.2 Å². The van der Waals surface area contributed by atoms with Crippen LogP contribution in [0.15, 0.2) is 35.4 Å².